The molecule has 39 heavy (non-hydrogen) atoms. The molecule has 1 rings (SSSR count). The highest BCUT2D eigenvalue weighted by molar-refractivity contribution is 5.73. The van der Waals surface area contributed by atoms with E-state index >= 15 is 0 Å². The van der Waals surface area contributed by atoms with Gasteiger partial charge < -0.3 is 4.74 Å². The minimum Gasteiger partial charge on any atom is -0.465 e. The molecule has 2 atom stereocenters. The summed E-state index contributed by atoms with van der Waals surface area (Å²) in [6.07, 6.45) is 26.6. The summed E-state index contributed by atoms with van der Waals surface area (Å²) >= 11 is 0. The SMILES string of the molecule is C=C(CC/C=C(\C)CCC=C(C)C)CC[C@H]1C=C(CC/C=C(\C)CCC=C(C)C)C[C@H](C(=O)OCCCC)C1. The molecule has 0 saturated carbocycles. The van der Waals surface area contributed by atoms with Crippen molar-refractivity contribution in [2.45, 2.75) is 138 Å². The van der Waals surface area contributed by atoms with Crippen LogP contribution in [-0.4, -0.2) is 12.6 Å². The molecule has 0 spiro atoms. The highest BCUT2D eigenvalue weighted by atomic mass is 16.5. The summed E-state index contributed by atoms with van der Waals surface area (Å²) in [5.74, 6) is 0.465. The maximum absolute atomic E-state index is 12.9. The van der Waals surface area contributed by atoms with Crippen molar-refractivity contribution < 1.29 is 9.53 Å². The second-order valence-electron chi connectivity index (χ2n) is 12.4. The predicted octanol–water partition coefficient (Wildman–Crippen LogP) is 11.6. The Morgan fingerprint density at radius 2 is 1.46 bits per heavy atom. The molecule has 1 aliphatic carbocycles. The highest BCUT2D eigenvalue weighted by Gasteiger charge is 2.28. The number of hydrogen-bond donors (Lipinski definition) is 0. The van der Waals surface area contributed by atoms with Gasteiger partial charge in [-0.05, 0) is 131 Å². The number of allylic oxidation sites excluding steroid dienone is 11. The molecule has 0 saturated heterocycles. The lowest BCUT2D eigenvalue weighted by atomic mass is 9.78. The monoisotopic (exact) mass is 536 g/mol. The Kier molecular flexibility index (Phi) is 18.6. The number of hydrogen-bond acceptors (Lipinski definition) is 2. The van der Waals surface area contributed by atoms with Crippen LogP contribution in [-0.2, 0) is 9.53 Å². The van der Waals surface area contributed by atoms with Crippen LogP contribution in [0, 0.1) is 11.8 Å². The first-order valence-electron chi connectivity index (χ1n) is 15.7. The van der Waals surface area contributed by atoms with Crippen molar-refractivity contribution in [3.8, 4) is 0 Å². The van der Waals surface area contributed by atoms with Crippen LogP contribution in [0.4, 0.5) is 0 Å². The topological polar surface area (TPSA) is 26.3 Å². The Balaban J connectivity index is 2.66. The fourth-order valence-electron chi connectivity index (χ4n) is 5.16. The van der Waals surface area contributed by atoms with Gasteiger partial charge >= 0.3 is 5.97 Å². The molecule has 0 N–H and O–H groups in total. The molecule has 0 aliphatic heterocycles. The van der Waals surface area contributed by atoms with Gasteiger partial charge in [0.1, 0.15) is 0 Å². The third-order valence-corrected chi connectivity index (χ3v) is 7.64. The van der Waals surface area contributed by atoms with Crippen molar-refractivity contribution >= 4 is 5.97 Å². The van der Waals surface area contributed by atoms with Crippen LogP contribution in [0.1, 0.15) is 138 Å². The average molecular weight is 537 g/mol. The lowest BCUT2D eigenvalue weighted by molar-refractivity contribution is -0.149. The Hall–Kier alpha value is -2.09. The first-order chi connectivity index (χ1) is 18.6. The highest BCUT2D eigenvalue weighted by Crippen LogP contribution is 2.35. The van der Waals surface area contributed by atoms with Crippen LogP contribution >= 0.6 is 0 Å². The van der Waals surface area contributed by atoms with Crippen LogP contribution in [0.25, 0.3) is 0 Å². The van der Waals surface area contributed by atoms with E-state index in [1.54, 1.807) is 0 Å². The summed E-state index contributed by atoms with van der Waals surface area (Å²) in [5, 5.41) is 0. The Morgan fingerprint density at radius 3 is 2.05 bits per heavy atom. The van der Waals surface area contributed by atoms with Crippen LogP contribution in [0.2, 0.25) is 0 Å². The van der Waals surface area contributed by atoms with Crippen molar-refractivity contribution in [2.24, 2.45) is 11.8 Å². The van der Waals surface area contributed by atoms with E-state index < -0.39 is 0 Å². The molecule has 220 valence electrons. The number of carbonyl (C=O) groups is 1. The Morgan fingerprint density at radius 1 is 0.872 bits per heavy atom. The molecular formula is C37H60O2. The van der Waals surface area contributed by atoms with Gasteiger partial charge in [0.05, 0.1) is 12.5 Å². The standard InChI is InChI=1S/C37H60O2/c1-9-10-25-39-37(38)36-27-34(22-14-21-32(7)18-12-16-30(4)5)26-35(28-36)24-23-33(8)20-13-19-31(6)17-11-15-29(2)3/h15-16,19,21,26,35-36H,8-14,17-18,20,22-25,27-28H2,1-7H3/b31-19+,32-21+/t35-,36-/m0/s1. The van der Waals surface area contributed by atoms with E-state index in [4.69, 9.17) is 4.74 Å². The summed E-state index contributed by atoms with van der Waals surface area (Å²) < 4.78 is 5.66. The van der Waals surface area contributed by atoms with Gasteiger partial charge in [0.25, 0.3) is 0 Å². The molecule has 0 radical (unpaired) electrons. The zero-order chi connectivity index (χ0) is 29.0. The maximum atomic E-state index is 12.9. The van der Waals surface area contributed by atoms with Gasteiger partial charge in [-0.15, -0.1) is 0 Å². The summed E-state index contributed by atoms with van der Waals surface area (Å²) in [4.78, 5) is 12.9. The molecule has 1 aliphatic rings. The first kappa shape index (κ1) is 34.9. The molecule has 0 aromatic carbocycles. The summed E-state index contributed by atoms with van der Waals surface area (Å²) in [7, 11) is 0. The van der Waals surface area contributed by atoms with Crippen molar-refractivity contribution in [3.63, 3.8) is 0 Å². The molecular weight excluding hydrogens is 476 g/mol. The molecule has 0 bridgehead atoms. The fraction of sp³-hybridized carbons (Fsp3) is 0.649. The van der Waals surface area contributed by atoms with E-state index in [9.17, 15) is 4.79 Å². The van der Waals surface area contributed by atoms with E-state index in [0.717, 1.165) is 89.9 Å². The molecule has 2 nitrogen and oxygen atoms in total. The van der Waals surface area contributed by atoms with Gasteiger partial charge in [-0.3, -0.25) is 4.79 Å². The molecule has 0 fully saturated rings. The maximum Gasteiger partial charge on any atom is 0.309 e. The largest absolute Gasteiger partial charge is 0.465 e. The second kappa shape index (κ2) is 20.8. The minimum absolute atomic E-state index is 0.00857. The lowest BCUT2D eigenvalue weighted by Crippen LogP contribution is -2.25. The second-order valence-corrected chi connectivity index (χ2v) is 12.4. The van der Waals surface area contributed by atoms with E-state index in [1.807, 2.05) is 0 Å². The molecule has 0 aromatic rings. The van der Waals surface area contributed by atoms with E-state index in [2.05, 4.69) is 85.4 Å². The van der Waals surface area contributed by atoms with Gasteiger partial charge in [0, 0.05) is 0 Å². The van der Waals surface area contributed by atoms with Crippen molar-refractivity contribution in [3.05, 3.63) is 70.4 Å². The zero-order valence-electron chi connectivity index (χ0n) is 26.7. The number of unbranched alkanes of at least 4 members (excludes halogenated alkanes) is 1. The predicted molar refractivity (Wildman–Crippen MR) is 172 cm³/mol. The fourth-order valence-corrected chi connectivity index (χ4v) is 5.16. The normalized spacial score (nSPS) is 17.9. The smallest absolute Gasteiger partial charge is 0.309 e. The summed E-state index contributed by atoms with van der Waals surface area (Å²) in [6.45, 7) is 20.2. The number of carbonyl (C=O) groups excluding carboxylic acids is 1. The van der Waals surface area contributed by atoms with Gasteiger partial charge in [-0.2, -0.15) is 0 Å². The minimum atomic E-state index is 0.00857. The number of rotatable bonds is 19. The average Bonchev–Trinajstić information content (AvgIpc) is 2.87. The van der Waals surface area contributed by atoms with Crippen LogP contribution in [0.15, 0.2) is 70.4 Å². The number of esters is 1. The quantitative estimate of drug-likeness (QED) is 0.0932. The van der Waals surface area contributed by atoms with Gasteiger partial charge in [0.15, 0.2) is 0 Å². The van der Waals surface area contributed by atoms with Gasteiger partial charge in [0.2, 0.25) is 0 Å². The molecule has 0 aromatic heterocycles. The Labute approximate surface area is 242 Å². The van der Waals surface area contributed by atoms with Crippen LogP contribution in [0.5, 0.6) is 0 Å². The van der Waals surface area contributed by atoms with Crippen LogP contribution in [0.3, 0.4) is 0 Å². The van der Waals surface area contributed by atoms with E-state index in [-0.39, 0.29) is 11.9 Å². The molecule has 0 unspecified atom stereocenters. The summed E-state index contributed by atoms with van der Waals surface area (Å²) in [6, 6.07) is 0. The number of ether oxygens (including phenoxy) is 1. The van der Waals surface area contributed by atoms with E-state index in [0.29, 0.717) is 12.5 Å². The van der Waals surface area contributed by atoms with Gasteiger partial charge in [-0.25, -0.2) is 0 Å². The van der Waals surface area contributed by atoms with Crippen LogP contribution < -0.4 is 0 Å². The summed E-state index contributed by atoms with van der Waals surface area (Å²) in [5.41, 5.74) is 8.51. The van der Waals surface area contributed by atoms with E-state index in [1.165, 1.54) is 33.4 Å². The molecule has 0 heterocycles. The first-order valence-corrected chi connectivity index (χ1v) is 15.7. The lowest BCUT2D eigenvalue weighted by Gasteiger charge is -2.28. The molecule has 0 amide bonds. The Bertz CT molecular complexity index is 884. The molecule has 2 heteroatoms. The van der Waals surface area contributed by atoms with Gasteiger partial charge in [-0.1, -0.05) is 83.7 Å². The third-order valence-electron chi connectivity index (χ3n) is 7.64. The van der Waals surface area contributed by atoms with Crippen molar-refractivity contribution in [1.29, 1.82) is 0 Å². The van der Waals surface area contributed by atoms with Crippen molar-refractivity contribution in [2.75, 3.05) is 6.61 Å². The zero-order valence-corrected chi connectivity index (χ0v) is 26.7. The van der Waals surface area contributed by atoms with Crippen molar-refractivity contribution in [1.82, 2.24) is 0 Å². The third kappa shape index (κ3) is 18.0.